The zero-order chi connectivity index (χ0) is 19.6. The average molecular weight is 402 g/mol. The van der Waals surface area contributed by atoms with E-state index in [4.69, 9.17) is 16.3 Å². The van der Waals surface area contributed by atoms with Gasteiger partial charge in [0.2, 0.25) is 0 Å². The van der Waals surface area contributed by atoms with Gasteiger partial charge in [-0.05, 0) is 34.9 Å². The highest BCUT2D eigenvalue weighted by molar-refractivity contribution is 7.99. The first-order chi connectivity index (χ1) is 12.8. The number of halogens is 1. The van der Waals surface area contributed by atoms with Crippen molar-refractivity contribution in [3.63, 3.8) is 0 Å². The summed E-state index contributed by atoms with van der Waals surface area (Å²) >= 11 is 8.01. The predicted molar refractivity (Wildman–Crippen MR) is 113 cm³/mol. The smallest absolute Gasteiger partial charge is 0.196 e. The van der Waals surface area contributed by atoms with Crippen molar-refractivity contribution in [3.8, 4) is 22.8 Å². The quantitative estimate of drug-likeness (QED) is 0.491. The Kier molecular flexibility index (Phi) is 5.82. The topological polar surface area (TPSA) is 39.9 Å². The van der Waals surface area contributed by atoms with Gasteiger partial charge in [0.25, 0.3) is 0 Å². The molecule has 0 unspecified atom stereocenters. The highest BCUT2D eigenvalue weighted by atomic mass is 35.5. The molecule has 1 aromatic heterocycles. The maximum atomic E-state index is 6.36. The van der Waals surface area contributed by atoms with Gasteiger partial charge in [-0.25, -0.2) is 0 Å². The van der Waals surface area contributed by atoms with Crippen LogP contribution in [-0.2, 0) is 5.41 Å². The standard InChI is InChI=1S/C21H24ClN3OS/c1-6-27-20-24-23-19(14-7-9-15(10-8-14)21(2,3)4)25(20)16-11-12-18(26-5)17(22)13-16/h7-13H,6H2,1-5H3. The van der Waals surface area contributed by atoms with Gasteiger partial charge in [-0.15, -0.1) is 10.2 Å². The van der Waals surface area contributed by atoms with Crippen LogP contribution in [0.5, 0.6) is 5.75 Å². The third-order valence-electron chi connectivity index (χ3n) is 4.31. The molecular formula is C21H24ClN3OS. The molecule has 1 heterocycles. The van der Waals surface area contributed by atoms with E-state index in [-0.39, 0.29) is 5.41 Å². The Bertz CT molecular complexity index is 930. The Morgan fingerprint density at radius 1 is 1.07 bits per heavy atom. The number of hydrogen-bond acceptors (Lipinski definition) is 4. The number of aromatic nitrogens is 3. The van der Waals surface area contributed by atoms with Crippen LogP contribution in [0, 0.1) is 0 Å². The number of rotatable bonds is 5. The Hall–Kier alpha value is -1.98. The lowest BCUT2D eigenvalue weighted by atomic mass is 9.87. The van der Waals surface area contributed by atoms with Crippen LogP contribution >= 0.6 is 23.4 Å². The molecule has 2 aromatic carbocycles. The van der Waals surface area contributed by atoms with Crippen molar-refractivity contribution in [2.45, 2.75) is 38.3 Å². The maximum Gasteiger partial charge on any atom is 0.196 e. The van der Waals surface area contributed by atoms with E-state index in [1.54, 1.807) is 18.9 Å². The molecule has 0 bridgehead atoms. The van der Waals surface area contributed by atoms with Crippen LogP contribution in [0.15, 0.2) is 47.6 Å². The second-order valence-corrected chi connectivity index (χ2v) is 8.86. The summed E-state index contributed by atoms with van der Waals surface area (Å²) in [5.41, 5.74) is 3.33. The summed E-state index contributed by atoms with van der Waals surface area (Å²) in [6, 6.07) is 14.2. The van der Waals surface area contributed by atoms with Crippen molar-refractivity contribution < 1.29 is 4.74 Å². The summed E-state index contributed by atoms with van der Waals surface area (Å²) in [6.07, 6.45) is 0. The van der Waals surface area contributed by atoms with Crippen molar-refractivity contribution in [3.05, 3.63) is 53.1 Å². The van der Waals surface area contributed by atoms with Gasteiger partial charge in [-0.3, -0.25) is 4.57 Å². The molecule has 0 amide bonds. The van der Waals surface area contributed by atoms with Crippen LogP contribution in [0.2, 0.25) is 5.02 Å². The van der Waals surface area contributed by atoms with E-state index in [1.165, 1.54) is 5.56 Å². The van der Waals surface area contributed by atoms with E-state index in [0.717, 1.165) is 28.0 Å². The van der Waals surface area contributed by atoms with E-state index in [1.807, 2.05) is 22.8 Å². The summed E-state index contributed by atoms with van der Waals surface area (Å²) < 4.78 is 7.32. The zero-order valence-electron chi connectivity index (χ0n) is 16.3. The van der Waals surface area contributed by atoms with Gasteiger partial charge in [0.1, 0.15) is 5.75 Å². The SMILES string of the molecule is CCSc1nnc(-c2ccc(C(C)(C)C)cc2)n1-c1ccc(OC)c(Cl)c1. The average Bonchev–Trinajstić information content (AvgIpc) is 3.05. The fourth-order valence-electron chi connectivity index (χ4n) is 2.83. The predicted octanol–water partition coefficient (Wildman–Crippen LogP) is 6.01. The third kappa shape index (κ3) is 4.14. The molecule has 0 spiro atoms. The van der Waals surface area contributed by atoms with Crippen LogP contribution in [0.1, 0.15) is 33.3 Å². The molecule has 0 saturated heterocycles. The lowest BCUT2D eigenvalue weighted by Gasteiger charge is -2.19. The Balaban J connectivity index is 2.11. The molecule has 3 aromatic rings. The van der Waals surface area contributed by atoms with Gasteiger partial charge in [-0.2, -0.15) is 0 Å². The van der Waals surface area contributed by atoms with Gasteiger partial charge < -0.3 is 4.74 Å². The van der Waals surface area contributed by atoms with E-state index in [2.05, 4.69) is 62.2 Å². The molecule has 0 atom stereocenters. The van der Waals surface area contributed by atoms with Crippen LogP contribution in [-0.4, -0.2) is 27.6 Å². The maximum absolute atomic E-state index is 6.36. The van der Waals surface area contributed by atoms with Gasteiger partial charge in [0.15, 0.2) is 11.0 Å². The molecule has 142 valence electrons. The molecular weight excluding hydrogens is 378 g/mol. The van der Waals surface area contributed by atoms with Crippen molar-refractivity contribution >= 4 is 23.4 Å². The molecule has 0 radical (unpaired) electrons. The number of nitrogens with zero attached hydrogens (tertiary/aromatic N) is 3. The minimum absolute atomic E-state index is 0.110. The molecule has 3 rings (SSSR count). The van der Waals surface area contributed by atoms with E-state index in [0.29, 0.717) is 10.8 Å². The molecule has 6 heteroatoms. The summed E-state index contributed by atoms with van der Waals surface area (Å²) in [4.78, 5) is 0. The number of methoxy groups -OCH3 is 1. The second kappa shape index (κ2) is 7.95. The minimum Gasteiger partial charge on any atom is -0.495 e. The van der Waals surface area contributed by atoms with E-state index < -0.39 is 0 Å². The number of benzene rings is 2. The normalized spacial score (nSPS) is 11.6. The van der Waals surface area contributed by atoms with Crippen molar-refractivity contribution in [1.29, 1.82) is 0 Å². The van der Waals surface area contributed by atoms with Crippen molar-refractivity contribution in [1.82, 2.24) is 14.8 Å². The molecule has 27 heavy (non-hydrogen) atoms. The molecule has 0 aliphatic rings. The van der Waals surface area contributed by atoms with Gasteiger partial charge in [-0.1, -0.05) is 75.3 Å². The highest BCUT2D eigenvalue weighted by Gasteiger charge is 2.18. The first-order valence-corrected chi connectivity index (χ1v) is 10.2. The van der Waals surface area contributed by atoms with Crippen LogP contribution in [0.3, 0.4) is 0 Å². The van der Waals surface area contributed by atoms with Crippen molar-refractivity contribution in [2.24, 2.45) is 0 Å². The molecule has 0 aliphatic carbocycles. The van der Waals surface area contributed by atoms with Gasteiger partial charge in [0, 0.05) is 5.56 Å². The summed E-state index contributed by atoms with van der Waals surface area (Å²) in [6.45, 7) is 8.72. The number of ether oxygens (including phenoxy) is 1. The van der Waals surface area contributed by atoms with Gasteiger partial charge in [0.05, 0.1) is 17.8 Å². The second-order valence-electron chi connectivity index (χ2n) is 7.22. The van der Waals surface area contributed by atoms with Crippen LogP contribution in [0.4, 0.5) is 0 Å². The minimum atomic E-state index is 0.110. The Morgan fingerprint density at radius 3 is 2.33 bits per heavy atom. The fraction of sp³-hybridized carbons (Fsp3) is 0.333. The summed E-state index contributed by atoms with van der Waals surface area (Å²) in [7, 11) is 1.61. The fourth-order valence-corrected chi connectivity index (χ4v) is 3.76. The van der Waals surface area contributed by atoms with E-state index >= 15 is 0 Å². The lowest BCUT2D eigenvalue weighted by molar-refractivity contribution is 0.415. The van der Waals surface area contributed by atoms with Crippen molar-refractivity contribution in [2.75, 3.05) is 12.9 Å². The van der Waals surface area contributed by atoms with E-state index in [9.17, 15) is 0 Å². The molecule has 0 N–H and O–H groups in total. The summed E-state index contributed by atoms with van der Waals surface area (Å²) in [5.74, 6) is 2.35. The largest absolute Gasteiger partial charge is 0.495 e. The lowest BCUT2D eigenvalue weighted by Crippen LogP contribution is -2.10. The zero-order valence-corrected chi connectivity index (χ0v) is 17.9. The number of hydrogen-bond donors (Lipinski definition) is 0. The molecule has 0 aliphatic heterocycles. The highest BCUT2D eigenvalue weighted by Crippen LogP contribution is 2.33. The summed E-state index contributed by atoms with van der Waals surface area (Å²) in [5, 5.41) is 10.3. The first-order valence-electron chi connectivity index (χ1n) is 8.88. The monoisotopic (exact) mass is 401 g/mol. The third-order valence-corrected chi connectivity index (χ3v) is 5.42. The molecule has 4 nitrogen and oxygen atoms in total. The Labute approximate surface area is 169 Å². The molecule has 0 fully saturated rings. The van der Waals surface area contributed by atoms with Gasteiger partial charge >= 0.3 is 0 Å². The van der Waals surface area contributed by atoms with Crippen LogP contribution < -0.4 is 4.74 Å². The first kappa shape index (κ1) is 19.8. The number of thioether (sulfide) groups is 1. The van der Waals surface area contributed by atoms with Crippen LogP contribution in [0.25, 0.3) is 17.1 Å². The molecule has 0 saturated carbocycles. The Morgan fingerprint density at radius 2 is 1.78 bits per heavy atom.